The summed E-state index contributed by atoms with van der Waals surface area (Å²) in [5.74, 6) is 0.750. The third-order valence-electron chi connectivity index (χ3n) is 3.76. The zero-order chi connectivity index (χ0) is 13.5. The molecule has 0 unspecified atom stereocenters. The molecule has 1 aliphatic rings. The van der Waals surface area contributed by atoms with Gasteiger partial charge in [0.15, 0.2) is 0 Å². The molecule has 0 aliphatic heterocycles. The van der Waals surface area contributed by atoms with Crippen LogP contribution in [0.2, 0.25) is 0 Å². The smallest absolute Gasteiger partial charge is 0.232 e. The van der Waals surface area contributed by atoms with Crippen LogP contribution in [-0.2, 0) is 6.42 Å². The van der Waals surface area contributed by atoms with Gasteiger partial charge in [-0.15, -0.1) is 0 Å². The number of aromatic nitrogens is 2. The average molecular weight is 259 g/mol. The van der Waals surface area contributed by atoms with Crippen LogP contribution in [0.5, 0.6) is 0 Å². The maximum atomic E-state index is 9.04. The summed E-state index contributed by atoms with van der Waals surface area (Å²) in [6, 6.07) is 4.09. The van der Waals surface area contributed by atoms with Gasteiger partial charge in [0.1, 0.15) is 6.07 Å². The lowest BCUT2D eigenvalue weighted by Gasteiger charge is -2.14. The molecule has 19 heavy (non-hydrogen) atoms. The van der Waals surface area contributed by atoms with E-state index in [1.54, 1.807) is 0 Å². The highest BCUT2D eigenvalue weighted by atomic mass is 16.2. The molecule has 0 spiro atoms. The van der Waals surface area contributed by atoms with E-state index in [0.29, 0.717) is 18.8 Å². The van der Waals surface area contributed by atoms with Crippen molar-refractivity contribution in [3.8, 4) is 6.07 Å². The number of hydrogen-bond acceptors (Lipinski definition) is 4. The van der Waals surface area contributed by atoms with E-state index in [4.69, 9.17) is 10.4 Å². The van der Waals surface area contributed by atoms with E-state index in [1.807, 2.05) is 6.07 Å². The van der Waals surface area contributed by atoms with E-state index >= 15 is 0 Å². The van der Waals surface area contributed by atoms with Gasteiger partial charge >= 0.3 is 0 Å². The molecule has 1 saturated carbocycles. The molecule has 0 radical (unpaired) electrons. The molecule has 1 aromatic rings. The third-order valence-corrected chi connectivity index (χ3v) is 3.76. The second-order valence-corrected chi connectivity index (χ2v) is 5.24. The third kappa shape index (κ3) is 4.00. The lowest BCUT2D eigenvalue weighted by atomic mass is 9.95. The van der Waals surface area contributed by atoms with Gasteiger partial charge in [-0.2, -0.15) is 5.26 Å². The Morgan fingerprint density at radius 2 is 1.95 bits per heavy atom. The first-order chi connectivity index (χ1) is 9.33. The predicted octanol–water partition coefficient (Wildman–Crippen LogP) is 2.71. The van der Waals surface area contributed by atoms with Crippen molar-refractivity contribution >= 4 is 0 Å². The van der Waals surface area contributed by atoms with Crippen molar-refractivity contribution in [1.29, 1.82) is 5.26 Å². The minimum absolute atomic E-state index is 0.157. The van der Waals surface area contributed by atoms with Crippen molar-refractivity contribution in [1.82, 2.24) is 9.97 Å². The molecule has 2 rings (SSSR count). The van der Waals surface area contributed by atoms with Crippen LogP contribution in [0.3, 0.4) is 0 Å². The summed E-state index contributed by atoms with van der Waals surface area (Å²) in [7, 11) is 0. The highest BCUT2D eigenvalue weighted by molar-refractivity contribution is 5.21. The number of nitriles is 1. The number of nitrogens with zero attached hydrogens (tertiary/aromatic N) is 3. The standard InChI is InChI=1S/C15H21N3O/c16-11-15-17-13(8-5-9-19)10-14(18-15)12-6-3-1-2-4-7-12/h10,12,19H,1-9H2. The Labute approximate surface area is 114 Å². The van der Waals surface area contributed by atoms with Crippen LogP contribution in [0.25, 0.3) is 0 Å². The fourth-order valence-electron chi connectivity index (χ4n) is 2.74. The number of rotatable bonds is 4. The first kappa shape index (κ1) is 14.0. The van der Waals surface area contributed by atoms with Crippen LogP contribution in [0.1, 0.15) is 68.1 Å². The molecular formula is C15H21N3O. The molecule has 1 fully saturated rings. The largest absolute Gasteiger partial charge is 0.396 e. The van der Waals surface area contributed by atoms with Crippen molar-refractivity contribution in [2.75, 3.05) is 6.61 Å². The number of aliphatic hydroxyl groups is 1. The summed E-state index contributed by atoms with van der Waals surface area (Å²) < 4.78 is 0. The maximum Gasteiger partial charge on any atom is 0.232 e. The first-order valence-corrected chi connectivity index (χ1v) is 7.22. The molecule has 4 nitrogen and oxygen atoms in total. The zero-order valence-electron chi connectivity index (χ0n) is 11.3. The SMILES string of the molecule is N#Cc1nc(CCCO)cc(C2CCCCCC2)n1. The molecule has 0 bridgehead atoms. The van der Waals surface area contributed by atoms with Crippen LogP contribution in [0, 0.1) is 11.3 Å². The monoisotopic (exact) mass is 259 g/mol. The van der Waals surface area contributed by atoms with Gasteiger partial charge in [0.2, 0.25) is 5.82 Å². The average Bonchev–Trinajstić information content (AvgIpc) is 2.73. The van der Waals surface area contributed by atoms with Crippen molar-refractivity contribution in [3.63, 3.8) is 0 Å². The van der Waals surface area contributed by atoms with E-state index < -0.39 is 0 Å². The molecule has 1 aromatic heterocycles. The van der Waals surface area contributed by atoms with Gasteiger partial charge in [-0.1, -0.05) is 25.7 Å². The Morgan fingerprint density at radius 3 is 2.58 bits per heavy atom. The highest BCUT2D eigenvalue weighted by Gasteiger charge is 2.17. The van der Waals surface area contributed by atoms with Crippen molar-refractivity contribution in [2.24, 2.45) is 0 Å². The van der Waals surface area contributed by atoms with E-state index in [1.165, 1.54) is 38.5 Å². The van der Waals surface area contributed by atoms with Crippen molar-refractivity contribution in [2.45, 2.75) is 57.3 Å². The van der Waals surface area contributed by atoms with Gasteiger partial charge in [-0.3, -0.25) is 0 Å². The number of aryl methyl sites for hydroxylation is 1. The van der Waals surface area contributed by atoms with Crippen molar-refractivity contribution < 1.29 is 5.11 Å². The summed E-state index contributed by atoms with van der Waals surface area (Å²) >= 11 is 0. The molecule has 4 heteroatoms. The van der Waals surface area contributed by atoms with Gasteiger partial charge in [0.05, 0.1) is 0 Å². The summed E-state index contributed by atoms with van der Waals surface area (Å²) in [5.41, 5.74) is 1.92. The van der Waals surface area contributed by atoms with Gasteiger partial charge in [-0.05, 0) is 31.7 Å². The Bertz CT molecular complexity index is 445. The van der Waals surface area contributed by atoms with Gasteiger partial charge in [0, 0.05) is 23.9 Å². The minimum Gasteiger partial charge on any atom is -0.396 e. The molecule has 1 N–H and O–H groups in total. The fourth-order valence-corrected chi connectivity index (χ4v) is 2.74. The molecule has 1 aliphatic carbocycles. The second kappa shape index (κ2) is 7.20. The quantitative estimate of drug-likeness (QED) is 0.844. The van der Waals surface area contributed by atoms with E-state index in [9.17, 15) is 0 Å². The Kier molecular flexibility index (Phi) is 5.29. The number of hydrogen-bond donors (Lipinski definition) is 1. The van der Waals surface area contributed by atoms with E-state index in [0.717, 1.165) is 11.4 Å². The Balaban J connectivity index is 2.20. The van der Waals surface area contributed by atoms with Crippen LogP contribution in [0.4, 0.5) is 0 Å². The van der Waals surface area contributed by atoms with Gasteiger partial charge in [0.25, 0.3) is 0 Å². The highest BCUT2D eigenvalue weighted by Crippen LogP contribution is 2.30. The lowest BCUT2D eigenvalue weighted by Crippen LogP contribution is -2.06. The second-order valence-electron chi connectivity index (χ2n) is 5.24. The topological polar surface area (TPSA) is 69.8 Å². The molecule has 0 saturated heterocycles. The Hall–Kier alpha value is -1.47. The summed E-state index contributed by atoms with van der Waals surface area (Å²) in [6.45, 7) is 0.157. The van der Waals surface area contributed by atoms with Crippen LogP contribution in [-0.4, -0.2) is 21.7 Å². The number of aliphatic hydroxyl groups excluding tert-OH is 1. The summed E-state index contributed by atoms with van der Waals surface area (Å²) in [5, 5.41) is 17.9. The Morgan fingerprint density at radius 1 is 1.21 bits per heavy atom. The maximum absolute atomic E-state index is 9.04. The van der Waals surface area contributed by atoms with Crippen molar-refractivity contribution in [3.05, 3.63) is 23.3 Å². The lowest BCUT2D eigenvalue weighted by molar-refractivity contribution is 0.288. The van der Waals surface area contributed by atoms with Crippen LogP contribution >= 0.6 is 0 Å². The van der Waals surface area contributed by atoms with Crippen LogP contribution in [0.15, 0.2) is 6.07 Å². The molecule has 0 aromatic carbocycles. The van der Waals surface area contributed by atoms with E-state index in [2.05, 4.69) is 16.0 Å². The normalized spacial score (nSPS) is 16.8. The van der Waals surface area contributed by atoms with Gasteiger partial charge in [-0.25, -0.2) is 9.97 Å². The zero-order valence-corrected chi connectivity index (χ0v) is 11.3. The van der Waals surface area contributed by atoms with Gasteiger partial charge < -0.3 is 5.11 Å². The minimum atomic E-state index is 0.157. The van der Waals surface area contributed by atoms with E-state index in [-0.39, 0.29) is 12.4 Å². The van der Waals surface area contributed by atoms with Crippen LogP contribution < -0.4 is 0 Å². The molecule has 0 amide bonds. The summed E-state index contributed by atoms with van der Waals surface area (Å²) in [6.07, 6.45) is 8.86. The first-order valence-electron chi connectivity index (χ1n) is 7.22. The molecule has 102 valence electrons. The molecular weight excluding hydrogens is 238 g/mol. The molecule has 1 heterocycles. The summed E-state index contributed by atoms with van der Waals surface area (Å²) in [4.78, 5) is 8.61. The molecule has 0 atom stereocenters. The fraction of sp³-hybridized carbons (Fsp3) is 0.667. The predicted molar refractivity (Wildman–Crippen MR) is 72.6 cm³/mol.